The third-order valence-electron chi connectivity index (χ3n) is 2.54. The Kier molecular flexibility index (Phi) is 6.11. The van der Waals surface area contributed by atoms with Crippen molar-refractivity contribution >= 4 is 34.9 Å². The lowest BCUT2D eigenvalue weighted by atomic mass is 10.2. The lowest BCUT2D eigenvalue weighted by Crippen LogP contribution is -2.46. The first-order chi connectivity index (χ1) is 8.93. The van der Waals surface area contributed by atoms with Crippen molar-refractivity contribution in [3.05, 3.63) is 21.3 Å². The van der Waals surface area contributed by atoms with E-state index in [1.54, 1.807) is 13.1 Å². The molecule has 0 spiro atoms. The number of thiophene rings is 1. The maximum absolute atomic E-state index is 11.9. The minimum Gasteiger partial charge on any atom is -0.480 e. The van der Waals surface area contributed by atoms with Gasteiger partial charge in [-0.05, 0) is 18.6 Å². The van der Waals surface area contributed by atoms with Gasteiger partial charge in [0.05, 0.1) is 10.9 Å². The molecule has 1 rings (SSSR count). The van der Waals surface area contributed by atoms with Crippen LogP contribution in [0.5, 0.6) is 0 Å². The van der Waals surface area contributed by atoms with E-state index in [1.165, 1.54) is 16.2 Å². The van der Waals surface area contributed by atoms with Crippen molar-refractivity contribution in [3.8, 4) is 0 Å². The van der Waals surface area contributed by atoms with Crippen LogP contribution in [0.15, 0.2) is 12.1 Å². The van der Waals surface area contributed by atoms with E-state index >= 15 is 0 Å². The summed E-state index contributed by atoms with van der Waals surface area (Å²) in [4.78, 5) is 25.2. The average molecular weight is 305 g/mol. The Bertz CT molecular complexity index is 450. The molecule has 1 aromatic heterocycles. The second-order valence-corrected chi connectivity index (χ2v) is 5.99. The van der Waals surface area contributed by atoms with Gasteiger partial charge in [-0.3, -0.25) is 0 Å². The van der Waals surface area contributed by atoms with Crippen LogP contribution in [0.4, 0.5) is 4.79 Å². The fraction of sp³-hybridized carbons (Fsp3) is 0.500. The number of nitrogens with zero attached hydrogens (tertiary/aromatic N) is 1. The Balaban J connectivity index is 2.54. The number of amides is 2. The van der Waals surface area contributed by atoms with Gasteiger partial charge in [-0.1, -0.05) is 24.9 Å². The van der Waals surface area contributed by atoms with Crippen LogP contribution in [0, 0.1) is 0 Å². The second-order valence-electron chi connectivity index (χ2n) is 4.19. The normalized spacial score (nSPS) is 11.9. The molecule has 2 N–H and O–H groups in total. The highest BCUT2D eigenvalue weighted by Gasteiger charge is 2.20. The number of carboxylic acids is 1. The molecule has 19 heavy (non-hydrogen) atoms. The molecular weight excluding hydrogens is 288 g/mol. The maximum atomic E-state index is 11.9. The first kappa shape index (κ1) is 15.8. The highest BCUT2D eigenvalue weighted by atomic mass is 35.5. The molecule has 0 fully saturated rings. The van der Waals surface area contributed by atoms with Crippen molar-refractivity contribution < 1.29 is 14.7 Å². The summed E-state index contributed by atoms with van der Waals surface area (Å²) in [6, 6.07) is 2.37. The number of aliphatic carboxylic acids is 1. The van der Waals surface area contributed by atoms with Crippen LogP contribution in [-0.4, -0.2) is 35.1 Å². The molecule has 0 saturated carbocycles. The summed E-state index contributed by atoms with van der Waals surface area (Å²) in [5.41, 5.74) is 0. The average Bonchev–Trinajstić information content (AvgIpc) is 2.73. The molecule has 7 heteroatoms. The van der Waals surface area contributed by atoms with Gasteiger partial charge in [0.15, 0.2) is 0 Å². The second kappa shape index (κ2) is 7.35. The predicted molar refractivity (Wildman–Crippen MR) is 75.7 cm³/mol. The summed E-state index contributed by atoms with van der Waals surface area (Å²) >= 11 is 7.21. The molecule has 106 valence electrons. The van der Waals surface area contributed by atoms with E-state index < -0.39 is 18.0 Å². The van der Waals surface area contributed by atoms with Crippen LogP contribution in [0.25, 0.3) is 0 Å². The highest BCUT2D eigenvalue weighted by Crippen LogP contribution is 2.22. The molecule has 2 amide bonds. The lowest BCUT2D eigenvalue weighted by molar-refractivity contribution is -0.139. The van der Waals surface area contributed by atoms with Gasteiger partial charge in [-0.2, -0.15) is 0 Å². The monoisotopic (exact) mass is 304 g/mol. The van der Waals surface area contributed by atoms with E-state index in [0.717, 1.165) is 4.88 Å². The molecule has 1 heterocycles. The van der Waals surface area contributed by atoms with E-state index in [4.69, 9.17) is 16.7 Å². The van der Waals surface area contributed by atoms with Crippen molar-refractivity contribution in [1.29, 1.82) is 0 Å². The van der Waals surface area contributed by atoms with Crippen LogP contribution in [0.2, 0.25) is 4.34 Å². The Hall–Kier alpha value is -1.27. The minimum atomic E-state index is -1.01. The van der Waals surface area contributed by atoms with E-state index in [9.17, 15) is 9.59 Å². The number of carbonyl (C=O) groups is 2. The Morgan fingerprint density at radius 2 is 2.21 bits per heavy atom. The van der Waals surface area contributed by atoms with Gasteiger partial charge in [0.25, 0.3) is 0 Å². The number of urea groups is 1. The van der Waals surface area contributed by atoms with Gasteiger partial charge in [0, 0.05) is 11.9 Å². The molecule has 1 atom stereocenters. The predicted octanol–water partition coefficient (Wildman–Crippen LogP) is 2.80. The number of carboxylic acid groups (broad SMARTS) is 1. The fourth-order valence-electron chi connectivity index (χ4n) is 1.55. The molecule has 0 aliphatic heterocycles. The first-order valence-corrected chi connectivity index (χ1v) is 7.12. The van der Waals surface area contributed by atoms with Gasteiger partial charge in [-0.25, -0.2) is 9.59 Å². The van der Waals surface area contributed by atoms with E-state index in [0.29, 0.717) is 23.7 Å². The zero-order valence-electron chi connectivity index (χ0n) is 10.9. The van der Waals surface area contributed by atoms with Crippen molar-refractivity contribution in [2.24, 2.45) is 0 Å². The van der Waals surface area contributed by atoms with Crippen molar-refractivity contribution in [3.63, 3.8) is 0 Å². The smallest absolute Gasteiger partial charge is 0.326 e. The van der Waals surface area contributed by atoms with Gasteiger partial charge in [0.1, 0.15) is 6.04 Å². The third-order valence-corrected chi connectivity index (χ3v) is 3.76. The highest BCUT2D eigenvalue weighted by molar-refractivity contribution is 7.16. The summed E-state index contributed by atoms with van der Waals surface area (Å²) in [7, 11) is 1.62. The lowest BCUT2D eigenvalue weighted by Gasteiger charge is -2.20. The maximum Gasteiger partial charge on any atom is 0.326 e. The van der Waals surface area contributed by atoms with Crippen LogP contribution >= 0.6 is 22.9 Å². The van der Waals surface area contributed by atoms with Gasteiger partial charge >= 0.3 is 12.0 Å². The number of halogens is 1. The number of rotatable bonds is 6. The molecule has 1 aromatic rings. The largest absolute Gasteiger partial charge is 0.480 e. The first-order valence-electron chi connectivity index (χ1n) is 5.92. The number of hydrogen-bond acceptors (Lipinski definition) is 3. The van der Waals surface area contributed by atoms with Gasteiger partial charge < -0.3 is 15.3 Å². The molecule has 0 unspecified atom stereocenters. The molecule has 0 bridgehead atoms. The molecule has 0 radical (unpaired) electrons. The SMILES string of the molecule is CCC[C@H](NC(=O)N(C)Cc1ccc(Cl)s1)C(=O)O. The van der Waals surface area contributed by atoms with Crippen molar-refractivity contribution in [2.75, 3.05) is 7.05 Å². The molecule has 0 aliphatic carbocycles. The molecule has 0 saturated heterocycles. The van der Waals surface area contributed by atoms with E-state index in [-0.39, 0.29) is 0 Å². The Morgan fingerprint density at radius 1 is 1.53 bits per heavy atom. The van der Waals surface area contributed by atoms with Crippen LogP contribution in [0.3, 0.4) is 0 Å². The number of nitrogens with one attached hydrogen (secondary N) is 1. The van der Waals surface area contributed by atoms with E-state index in [2.05, 4.69) is 5.32 Å². The summed E-state index contributed by atoms with van der Waals surface area (Å²) in [6.45, 7) is 2.28. The standard InChI is InChI=1S/C12H17ClN2O3S/c1-3-4-9(11(16)17)14-12(18)15(2)7-8-5-6-10(13)19-8/h5-6,9H,3-4,7H2,1-2H3,(H,14,18)(H,16,17)/t9-/m0/s1. The quantitative estimate of drug-likeness (QED) is 0.849. The zero-order chi connectivity index (χ0) is 14.4. The Labute approximate surface area is 121 Å². The van der Waals surface area contributed by atoms with Gasteiger partial charge in [-0.15, -0.1) is 11.3 Å². The molecule has 5 nitrogen and oxygen atoms in total. The summed E-state index contributed by atoms with van der Waals surface area (Å²) in [5.74, 6) is -1.01. The van der Waals surface area contributed by atoms with Crippen molar-refractivity contribution in [2.45, 2.75) is 32.4 Å². The summed E-state index contributed by atoms with van der Waals surface area (Å²) < 4.78 is 0.665. The van der Waals surface area contributed by atoms with E-state index in [1.807, 2.05) is 13.0 Å². The van der Waals surface area contributed by atoms with Crippen LogP contribution < -0.4 is 5.32 Å². The minimum absolute atomic E-state index is 0.398. The number of carbonyl (C=O) groups excluding carboxylic acids is 1. The summed E-state index contributed by atoms with van der Waals surface area (Å²) in [6.07, 6.45) is 1.11. The number of hydrogen-bond donors (Lipinski definition) is 2. The van der Waals surface area contributed by atoms with Crippen LogP contribution in [0.1, 0.15) is 24.6 Å². The molecule has 0 aromatic carbocycles. The molecule has 0 aliphatic rings. The fourth-order valence-corrected chi connectivity index (χ4v) is 2.69. The summed E-state index contributed by atoms with van der Waals surface area (Å²) in [5, 5.41) is 11.5. The zero-order valence-corrected chi connectivity index (χ0v) is 12.4. The third kappa shape index (κ3) is 5.08. The van der Waals surface area contributed by atoms with Crippen LogP contribution in [-0.2, 0) is 11.3 Å². The van der Waals surface area contributed by atoms with Gasteiger partial charge in [0.2, 0.25) is 0 Å². The molecular formula is C12H17ClN2O3S. The topological polar surface area (TPSA) is 69.6 Å². The Morgan fingerprint density at radius 3 is 2.68 bits per heavy atom. The van der Waals surface area contributed by atoms with Crippen molar-refractivity contribution in [1.82, 2.24) is 10.2 Å².